The second-order valence-electron chi connectivity index (χ2n) is 6.16. The molecule has 1 aromatic rings. The van der Waals surface area contributed by atoms with Gasteiger partial charge in [-0.25, -0.2) is 9.97 Å². The molecule has 7 heteroatoms. The third-order valence-corrected chi connectivity index (χ3v) is 4.77. The Hall–Kier alpha value is -1.73. The lowest BCUT2D eigenvalue weighted by Gasteiger charge is -2.34. The van der Waals surface area contributed by atoms with Crippen LogP contribution in [0.2, 0.25) is 0 Å². The van der Waals surface area contributed by atoms with E-state index in [2.05, 4.69) is 25.1 Å². The minimum atomic E-state index is -0.0553. The smallest absolute Gasteiger partial charge is 0.225 e. The minimum absolute atomic E-state index is 0.0553. The monoisotopic (exact) mass is 319 g/mol. The van der Waals surface area contributed by atoms with Gasteiger partial charge in [-0.3, -0.25) is 9.69 Å². The van der Waals surface area contributed by atoms with Crippen LogP contribution in [-0.2, 0) is 9.53 Å². The van der Waals surface area contributed by atoms with Gasteiger partial charge in [-0.05, 0) is 18.9 Å². The van der Waals surface area contributed by atoms with Crippen molar-refractivity contribution >= 4 is 11.7 Å². The predicted molar refractivity (Wildman–Crippen MR) is 87.2 cm³/mol. The Morgan fingerprint density at radius 3 is 2.83 bits per heavy atom. The normalized spacial score (nSPS) is 24.2. The second kappa shape index (κ2) is 7.70. The van der Waals surface area contributed by atoms with E-state index in [0.717, 1.165) is 51.5 Å². The summed E-state index contributed by atoms with van der Waals surface area (Å²) in [5.41, 5.74) is 0. The highest BCUT2D eigenvalue weighted by Gasteiger charge is 2.31. The first-order chi connectivity index (χ1) is 11.3. The minimum Gasteiger partial charge on any atom is -0.381 e. The standard InChI is InChI=1S/C16H25N5O2/c1-17-16(22)13-10-20(14-3-8-23-9-4-14)6-7-21(11-13)15-2-5-18-12-19-15/h2,5,12-14H,3-4,6-11H2,1H3,(H,17,22)/t13-/m0/s1. The van der Waals surface area contributed by atoms with Gasteiger partial charge >= 0.3 is 0 Å². The molecule has 0 radical (unpaired) electrons. The highest BCUT2D eigenvalue weighted by atomic mass is 16.5. The maximum atomic E-state index is 12.3. The molecule has 0 aliphatic carbocycles. The van der Waals surface area contributed by atoms with E-state index >= 15 is 0 Å². The van der Waals surface area contributed by atoms with Crippen LogP contribution < -0.4 is 10.2 Å². The van der Waals surface area contributed by atoms with Gasteiger partial charge in [-0.2, -0.15) is 0 Å². The van der Waals surface area contributed by atoms with E-state index in [9.17, 15) is 4.79 Å². The van der Waals surface area contributed by atoms with Crippen LogP contribution in [0.5, 0.6) is 0 Å². The second-order valence-corrected chi connectivity index (χ2v) is 6.16. The van der Waals surface area contributed by atoms with Crippen molar-refractivity contribution in [1.29, 1.82) is 0 Å². The number of amides is 1. The molecule has 1 amide bonds. The first-order valence-electron chi connectivity index (χ1n) is 8.32. The molecule has 2 aliphatic rings. The molecule has 1 N–H and O–H groups in total. The van der Waals surface area contributed by atoms with E-state index in [1.54, 1.807) is 19.6 Å². The summed E-state index contributed by atoms with van der Waals surface area (Å²) >= 11 is 0. The van der Waals surface area contributed by atoms with Gasteiger partial charge < -0.3 is 15.0 Å². The third-order valence-electron chi connectivity index (χ3n) is 4.77. The number of rotatable bonds is 3. The molecule has 2 aliphatic heterocycles. The molecule has 7 nitrogen and oxygen atoms in total. The van der Waals surface area contributed by atoms with Gasteiger partial charge in [-0.15, -0.1) is 0 Å². The van der Waals surface area contributed by atoms with Crippen molar-refractivity contribution < 1.29 is 9.53 Å². The fourth-order valence-electron chi connectivity index (χ4n) is 3.47. The third kappa shape index (κ3) is 3.97. The number of hydrogen-bond donors (Lipinski definition) is 1. The fourth-order valence-corrected chi connectivity index (χ4v) is 3.47. The van der Waals surface area contributed by atoms with Crippen molar-refractivity contribution in [3.8, 4) is 0 Å². The van der Waals surface area contributed by atoms with Gasteiger partial charge in [0.2, 0.25) is 5.91 Å². The summed E-state index contributed by atoms with van der Waals surface area (Å²) in [6.45, 7) is 4.95. The molecule has 3 heterocycles. The van der Waals surface area contributed by atoms with Crippen LogP contribution in [0.1, 0.15) is 12.8 Å². The molecular formula is C16H25N5O2. The molecule has 1 atom stereocenters. The molecule has 2 saturated heterocycles. The summed E-state index contributed by atoms with van der Waals surface area (Å²) in [4.78, 5) is 25.3. The molecule has 23 heavy (non-hydrogen) atoms. The maximum absolute atomic E-state index is 12.3. The first-order valence-corrected chi connectivity index (χ1v) is 8.32. The number of aromatic nitrogens is 2. The zero-order valence-corrected chi connectivity index (χ0v) is 13.6. The highest BCUT2D eigenvalue weighted by Crippen LogP contribution is 2.21. The Morgan fingerprint density at radius 1 is 1.30 bits per heavy atom. The molecule has 126 valence electrons. The molecule has 2 fully saturated rings. The molecule has 0 saturated carbocycles. The van der Waals surface area contributed by atoms with E-state index in [0.29, 0.717) is 12.6 Å². The highest BCUT2D eigenvalue weighted by molar-refractivity contribution is 5.79. The van der Waals surface area contributed by atoms with Crippen LogP contribution in [0.3, 0.4) is 0 Å². The van der Waals surface area contributed by atoms with Gasteiger partial charge in [0.15, 0.2) is 0 Å². The molecule has 0 aromatic carbocycles. The number of anilines is 1. The van der Waals surface area contributed by atoms with Crippen molar-refractivity contribution in [2.45, 2.75) is 18.9 Å². The number of hydrogen-bond acceptors (Lipinski definition) is 6. The summed E-state index contributed by atoms with van der Waals surface area (Å²) in [7, 11) is 1.71. The number of ether oxygens (including phenoxy) is 1. The molecule has 3 rings (SSSR count). The lowest BCUT2D eigenvalue weighted by atomic mass is 10.0. The lowest BCUT2D eigenvalue weighted by molar-refractivity contribution is -0.124. The van der Waals surface area contributed by atoms with Crippen LogP contribution >= 0.6 is 0 Å². The van der Waals surface area contributed by atoms with Crippen molar-refractivity contribution in [1.82, 2.24) is 20.2 Å². The van der Waals surface area contributed by atoms with Crippen LogP contribution in [0.4, 0.5) is 5.82 Å². The maximum Gasteiger partial charge on any atom is 0.225 e. The van der Waals surface area contributed by atoms with Gasteiger partial charge in [0, 0.05) is 58.7 Å². The van der Waals surface area contributed by atoms with Gasteiger partial charge in [0.1, 0.15) is 12.1 Å². The molecule has 0 unspecified atom stereocenters. The summed E-state index contributed by atoms with van der Waals surface area (Å²) in [6, 6.07) is 2.42. The van der Waals surface area contributed by atoms with E-state index in [1.165, 1.54) is 0 Å². The van der Waals surface area contributed by atoms with Crippen molar-refractivity contribution in [2.75, 3.05) is 51.3 Å². The Labute approximate surface area is 137 Å². The number of carbonyl (C=O) groups is 1. The van der Waals surface area contributed by atoms with Crippen LogP contribution in [0, 0.1) is 5.92 Å². The zero-order chi connectivity index (χ0) is 16.1. The lowest BCUT2D eigenvalue weighted by Crippen LogP contribution is -2.45. The molecule has 1 aromatic heterocycles. The largest absolute Gasteiger partial charge is 0.381 e. The van der Waals surface area contributed by atoms with Crippen molar-refractivity contribution in [3.05, 3.63) is 18.6 Å². The quantitative estimate of drug-likeness (QED) is 0.855. The molecule has 0 spiro atoms. The Balaban J connectivity index is 1.75. The van der Waals surface area contributed by atoms with E-state index in [1.807, 2.05) is 6.07 Å². The first kappa shape index (κ1) is 16.1. The molecule has 0 bridgehead atoms. The number of nitrogens with one attached hydrogen (secondary N) is 1. The van der Waals surface area contributed by atoms with Crippen LogP contribution in [0.25, 0.3) is 0 Å². The summed E-state index contributed by atoms with van der Waals surface area (Å²) in [5, 5.41) is 2.81. The predicted octanol–water partition coefficient (Wildman–Crippen LogP) is 0.140. The van der Waals surface area contributed by atoms with Crippen LogP contribution in [0.15, 0.2) is 18.6 Å². The van der Waals surface area contributed by atoms with Gasteiger partial charge in [0.25, 0.3) is 0 Å². The fraction of sp³-hybridized carbons (Fsp3) is 0.688. The molecular weight excluding hydrogens is 294 g/mol. The van der Waals surface area contributed by atoms with Crippen LogP contribution in [-0.4, -0.2) is 73.3 Å². The van der Waals surface area contributed by atoms with Crippen molar-refractivity contribution in [3.63, 3.8) is 0 Å². The average Bonchev–Trinajstić information content (AvgIpc) is 2.86. The summed E-state index contributed by atoms with van der Waals surface area (Å²) in [6.07, 6.45) is 5.41. The van der Waals surface area contributed by atoms with Gasteiger partial charge in [0.05, 0.1) is 5.92 Å². The number of nitrogens with zero attached hydrogens (tertiary/aromatic N) is 4. The van der Waals surface area contributed by atoms with Crippen molar-refractivity contribution in [2.24, 2.45) is 5.92 Å². The summed E-state index contributed by atoms with van der Waals surface area (Å²) in [5.74, 6) is 0.936. The van der Waals surface area contributed by atoms with E-state index in [-0.39, 0.29) is 11.8 Å². The van der Waals surface area contributed by atoms with Gasteiger partial charge in [-0.1, -0.05) is 0 Å². The SMILES string of the molecule is CNC(=O)[C@@H]1CN(c2ccncn2)CCN(C2CCOCC2)C1. The average molecular weight is 319 g/mol. The Bertz CT molecular complexity index is 506. The zero-order valence-electron chi connectivity index (χ0n) is 13.6. The summed E-state index contributed by atoms with van der Waals surface area (Å²) < 4.78 is 5.47. The topological polar surface area (TPSA) is 70.6 Å². The van der Waals surface area contributed by atoms with E-state index < -0.39 is 0 Å². The Morgan fingerprint density at radius 2 is 2.13 bits per heavy atom. The Kier molecular flexibility index (Phi) is 5.40. The van der Waals surface area contributed by atoms with E-state index in [4.69, 9.17) is 4.74 Å². The number of carbonyl (C=O) groups excluding carboxylic acids is 1.